The molecule has 2 N–H and O–H groups in total. The number of amides is 1. The summed E-state index contributed by atoms with van der Waals surface area (Å²) in [6.45, 7) is -0.0948. The summed E-state index contributed by atoms with van der Waals surface area (Å²) in [7, 11) is 0. The number of carbonyl (C=O) groups excluding carboxylic acids is 1. The summed E-state index contributed by atoms with van der Waals surface area (Å²) < 4.78 is 13.6. The zero-order valence-electron chi connectivity index (χ0n) is 10.3. The highest BCUT2D eigenvalue weighted by Gasteiger charge is 2.08. The highest BCUT2D eigenvalue weighted by molar-refractivity contribution is 6.33. The van der Waals surface area contributed by atoms with E-state index in [4.69, 9.17) is 23.2 Å². The third-order valence-electron chi connectivity index (χ3n) is 2.54. The van der Waals surface area contributed by atoms with Gasteiger partial charge in [0.05, 0.1) is 28.0 Å². The predicted molar refractivity (Wildman–Crippen MR) is 80.0 cm³/mol. The van der Waals surface area contributed by atoms with Gasteiger partial charge in [-0.15, -0.1) is 0 Å². The van der Waals surface area contributed by atoms with Gasteiger partial charge in [-0.1, -0.05) is 41.4 Å². The van der Waals surface area contributed by atoms with E-state index in [1.807, 2.05) is 0 Å². The minimum atomic E-state index is -0.584. The molecule has 0 unspecified atom stereocenters. The number of para-hydroxylation sites is 1. The lowest BCUT2D eigenvalue weighted by Crippen LogP contribution is -2.22. The third kappa shape index (κ3) is 3.62. The van der Waals surface area contributed by atoms with Crippen LogP contribution in [0.4, 0.5) is 15.8 Å². The van der Waals surface area contributed by atoms with Crippen molar-refractivity contribution in [3.05, 3.63) is 58.3 Å². The van der Waals surface area contributed by atoms with Gasteiger partial charge in [0.1, 0.15) is 0 Å². The molecule has 0 aliphatic carbocycles. The van der Waals surface area contributed by atoms with Crippen LogP contribution in [0.1, 0.15) is 0 Å². The van der Waals surface area contributed by atoms with Gasteiger partial charge in [0, 0.05) is 0 Å². The second kappa shape index (κ2) is 6.59. The molecule has 2 aromatic rings. The Labute approximate surface area is 125 Å². The van der Waals surface area contributed by atoms with Crippen molar-refractivity contribution in [2.75, 3.05) is 17.2 Å². The van der Waals surface area contributed by atoms with Crippen LogP contribution >= 0.6 is 23.2 Å². The van der Waals surface area contributed by atoms with Crippen molar-refractivity contribution >= 4 is 40.5 Å². The van der Waals surface area contributed by atoms with Crippen molar-refractivity contribution in [1.29, 1.82) is 0 Å². The lowest BCUT2D eigenvalue weighted by Gasteiger charge is -2.10. The number of nitrogens with one attached hydrogen (secondary N) is 2. The highest BCUT2D eigenvalue weighted by Crippen LogP contribution is 2.22. The smallest absolute Gasteiger partial charge is 0.243 e. The van der Waals surface area contributed by atoms with Gasteiger partial charge in [-0.2, -0.15) is 0 Å². The van der Waals surface area contributed by atoms with E-state index in [2.05, 4.69) is 10.6 Å². The minimum absolute atomic E-state index is 0.00140. The zero-order chi connectivity index (χ0) is 14.5. The van der Waals surface area contributed by atoms with Crippen LogP contribution in [0.2, 0.25) is 10.0 Å². The molecule has 0 atom stereocenters. The Morgan fingerprint density at radius 2 is 1.65 bits per heavy atom. The monoisotopic (exact) mass is 312 g/mol. The van der Waals surface area contributed by atoms with Crippen LogP contribution in [0.15, 0.2) is 42.5 Å². The van der Waals surface area contributed by atoms with E-state index >= 15 is 0 Å². The summed E-state index contributed by atoms with van der Waals surface area (Å²) in [5, 5.41) is 5.75. The largest absolute Gasteiger partial charge is 0.374 e. The molecule has 3 nitrogen and oxygen atoms in total. The van der Waals surface area contributed by atoms with E-state index < -0.39 is 5.82 Å². The molecule has 6 heteroatoms. The minimum Gasteiger partial charge on any atom is -0.374 e. The summed E-state index contributed by atoms with van der Waals surface area (Å²) >= 11 is 11.6. The molecule has 0 bridgehead atoms. The van der Waals surface area contributed by atoms with E-state index in [0.717, 1.165) is 0 Å². The van der Waals surface area contributed by atoms with Crippen LogP contribution in [-0.2, 0) is 4.79 Å². The van der Waals surface area contributed by atoms with Gasteiger partial charge in [-0.3, -0.25) is 4.79 Å². The fraction of sp³-hybridized carbons (Fsp3) is 0.0714. The van der Waals surface area contributed by atoms with Crippen LogP contribution in [0, 0.1) is 5.82 Å². The number of halogens is 3. The van der Waals surface area contributed by atoms with Gasteiger partial charge in [0.25, 0.3) is 0 Å². The molecule has 1 amide bonds. The van der Waals surface area contributed by atoms with Gasteiger partial charge in [-0.25, -0.2) is 4.39 Å². The molecule has 0 radical (unpaired) electrons. The van der Waals surface area contributed by atoms with Crippen LogP contribution < -0.4 is 10.6 Å². The standard InChI is InChI=1S/C14H11Cl2FN2O/c15-9-4-1-2-6-11(9)19-13(20)8-18-12-7-3-5-10(16)14(12)17/h1-7,18H,8H2,(H,19,20). The maximum absolute atomic E-state index is 13.6. The van der Waals surface area contributed by atoms with E-state index in [9.17, 15) is 9.18 Å². The van der Waals surface area contributed by atoms with Gasteiger partial charge in [0.2, 0.25) is 5.91 Å². The van der Waals surface area contributed by atoms with Crippen molar-refractivity contribution in [1.82, 2.24) is 0 Å². The predicted octanol–water partition coefficient (Wildman–Crippen LogP) is 4.18. The first-order valence-corrected chi connectivity index (χ1v) is 6.56. The first-order valence-electron chi connectivity index (χ1n) is 5.80. The van der Waals surface area contributed by atoms with Crippen molar-refractivity contribution < 1.29 is 9.18 Å². The Hall–Kier alpha value is -1.78. The molecule has 104 valence electrons. The molecule has 0 saturated heterocycles. The first kappa shape index (κ1) is 14.6. The Bertz CT molecular complexity index is 634. The Balaban J connectivity index is 1.96. The molecule has 0 aliphatic rings. The number of benzene rings is 2. The molecule has 20 heavy (non-hydrogen) atoms. The molecular weight excluding hydrogens is 302 g/mol. The number of rotatable bonds is 4. The fourth-order valence-electron chi connectivity index (χ4n) is 1.57. The highest BCUT2D eigenvalue weighted by atomic mass is 35.5. The normalized spacial score (nSPS) is 10.2. The van der Waals surface area contributed by atoms with Gasteiger partial charge >= 0.3 is 0 Å². The van der Waals surface area contributed by atoms with Gasteiger partial charge in [0.15, 0.2) is 5.82 Å². The molecule has 2 rings (SSSR count). The van der Waals surface area contributed by atoms with Crippen molar-refractivity contribution in [2.24, 2.45) is 0 Å². The average Bonchev–Trinajstić information content (AvgIpc) is 2.43. The van der Waals surface area contributed by atoms with Gasteiger partial charge in [-0.05, 0) is 24.3 Å². The lowest BCUT2D eigenvalue weighted by atomic mass is 10.3. The Morgan fingerprint density at radius 1 is 1.00 bits per heavy atom. The molecule has 2 aromatic carbocycles. The summed E-state index contributed by atoms with van der Waals surface area (Å²) in [4.78, 5) is 11.7. The number of anilines is 2. The van der Waals surface area contributed by atoms with Gasteiger partial charge < -0.3 is 10.6 Å². The van der Waals surface area contributed by atoms with Crippen LogP contribution in [-0.4, -0.2) is 12.5 Å². The topological polar surface area (TPSA) is 41.1 Å². The van der Waals surface area contributed by atoms with E-state index in [1.54, 1.807) is 30.3 Å². The quantitative estimate of drug-likeness (QED) is 0.889. The molecule has 0 saturated carbocycles. The van der Waals surface area contributed by atoms with E-state index in [1.165, 1.54) is 12.1 Å². The summed E-state index contributed by atoms with van der Waals surface area (Å²) in [6, 6.07) is 11.4. The van der Waals surface area contributed by atoms with Crippen LogP contribution in [0.25, 0.3) is 0 Å². The van der Waals surface area contributed by atoms with Crippen molar-refractivity contribution in [3.63, 3.8) is 0 Å². The lowest BCUT2D eigenvalue weighted by molar-refractivity contribution is -0.114. The third-order valence-corrected chi connectivity index (χ3v) is 3.16. The molecule has 0 spiro atoms. The molecule has 0 aliphatic heterocycles. The Kier molecular flexibility index (Phi) is 4.82. The maximum Gasteiger partial charge on any atom is 0.243 e. The van der Waals surface area contributed by atoms with Crippen molar-refractivity contribution in [3.8, 4) is 0 Å². The maximum atomic E-state index is 13.6. The average molecular weight is 313 g/mol. The second-order valence-corrected chi connectivity index (χ2v) is 4.80. The second-order valence-electron chi connectivity index (χ2n) is 3.98. The van der Waals surface area contributed by atoms with E-state index in [-0.39, 0.29) is 23.2 Å². The first-order chi connectivity index (χ1) is 9.58. The van der Waals surface area contributed by atoms with Crippen LogP contribution in [0.5, 0.6) is 0 Å². The molecule has 0 fully saturated rings. The molecular formula is C14H11Cl2FN2O. The number of carbonyl (C=O) groups is 1. The fourth-order valence-corrected chi connectivity index (χ4v) is 1.93. The summed E-state index contributed by atoms with van der Waals surface area (Å²) in [5.41, 5.74) is 0.680. The number of hydrogen-bond acceptors (Lipinski definition) is 2. The SMILES string of the molecule is O=C(CNc1cccc(Cl)c1F)Nc1ccccc1Cl. The Morgan fingerprint density at radius 3 is 2.40 bits per heavy atom. The van der Waals surface area contributed by atoms with E-state index in [0.29, 0.717) is 10.7 Å². The van der Waals surface area contributed by atoms with Crippen molar-refractivity contribution in [2.45, 2.75) is 0 Å². The molecule has 0 heterocycles. The summed E-state index contributed by atoms with van der Waals surface area (Å²) in [6.07, 6.45) is 0. The zero-order valence-corrected chi connectivity index (χ0v) is 11.8. The van der Waals surface area contributed by atoms with Crippen LogP contribution in [0.3, 0.4) is 0 Å². The number of hydrogen-bond donors (Lipinski definition) is 2. The molecule has 0 aromatic heterocycles. The summed E-state index contributed by atoms with van der Waals surface area (Å²) in [5.74, 6) is -0.919.